The van der Waals surface area contributed by atoms with Crippen LogP contribution in [0.15, 0.2) is 0 Å². The molecular formula is C8H13N3O3S. The van der Waals surface area contributed by atoms with E-state index in [1.54, 1.807) is 0 Å². The fourth-order valence-corrected chi connectivity index (χ4v) is 1.39. The molecule has 6 nitrogen and oxygen atoms in total. The average molecular weight is 231 g/mol. The normalized spacial score (nSPS) is 20.1. The standard InChI is InChI=1S/C8H13N3O3S/c9-6(15)3-10-7(13)8(14)11-2-1-5(12)4-11/h5,12H,1-4H2,(H2,9,15)(H,10,13). The fraction of sp³-hybridized carbons (Fsp3) is 0.625. The highest BCUT2D eigenvalue weighted by atomic mass is 32.1. The summed E-state index contributed by atoms with van der Waals surface area (Å²) in [7, 11) is 0. The third kappa shape index (κ3) is 3.45. The van der Waals surface area contributed by atoms with Crippen LogP contribution in [0.2, 0.25) is 0 Å². The van der Waals surface area contributed by atoms with Crippen molar-refractivity contribution in [2.24, 2.45) is 5.73 Å². The van der Waals surface area contributed by atoms with Gasteiger partial charge >= 0.3 is 11.8 Å². The zero-order valence-corrected chi connectivity index (χ0v) is 8.92. The second-order valence-corrected chi connectivity index (χ2v) is 3.87. The fourth-order valence-electron chi connectivity index (χ4n) is 1.31. The third-order valence-corrected chi connectivity index (χ3v) is 2.21. The van der Waals surface area contributed by atoms with Crippen molar-refractivity contribution >= 4 is 29.0 Å². The molecule has 1 heterocycles. The number of hydrogen-bond donors (Lipinski definition) is 3. The van der Waals surface area contributed by atoms with Crippen LogP contribution in [0.1, 0.15) is 6.42 Å². The summed E-state index contributed by atoms with van der Waals surface area (Å²) < 4.78 is 0. The van der Waals surface area contributed by atoms with Crippen molar-refractivity contribution in [1.82, 2.24) is 10.2 Å². The molecule has 0 radical (unpaired) electrons. The van der Waals surface area contributed by atoms with E-state index in [0.29, 0.717) is 13.0 Å². The summed E-state index contributed by atoms with van der Waals surface area (Å²) in [5.74, 6) is -1.39. The summed E-state index contributed by atoms with van der Waals surface area (Å²) in [6.07, 6.45) is -0.0220. The van der Waals surface area contributed by atoms with Crippen molar-refractivity contribution in [3.8, 4) is 0 Å². The zero-order valence-electron chi connectivity index (χ0n) is 8.10. The minimum atomic E-state index is -0.739. The first-order valence-corrected chi connectivity index (χ1v) is 4.95. The van der Waals surface area contributed by atoms with Crippen LogP contribution in [0.4, 0.5) is 0 Å². The number of aliphatic hydroxyl groups is 1. The van der Waals surface area contributed by atoms with Gasteiger partial charge in [-0.1, -0.05) is 12.2 Å². The maximum atomic E-state index is 11.4. The van der Waals surface area contributed by atoms with E-state index in [-0.39, 0.29) is 18.1 Å². The average Bonchev–Trinajstić information content (AvgIpc) is 2.60. The van der Waals surface area contributed by atoms with Crippen molar-refractivity contribution in [3.63, 3.8) is 0 Å². The van der Waals surface area contributed by atoms with Gasteiger partial charge in [-0.3, -0.25) is 9.59 Å². The highest BCUT2D eigenvalue weighted by molar-refractivity contribution is 7.80. The molecule has 0 saturated carbocycles. The molecule has 4 N–H and O–H groups in total. The third-order valence-electron chi connectivity index (χ3n) is 2.07. The lowest BCUT2D eigenvalue weighted by Gasteiger charge is -2.14. The Bertz CT molecular complexity index is 295. The van der Waals surface area contributed by atoms with Crippen LogP contribution < -0.4 is 11.1 Å². The molecule has 1 rings (SSSR count). The molecule has 0 aliphatic carbocycles. The van der Waals surface area contributed by atoms with Crippen LogP contribution >= 0.6 is 12.2 Å². The van der Waals surface area contributed by atoms with Crippen molar-refractivity contribution in [3.05, 3.63) is 0 Å². The van der Waals surface area contributed by atoms with E-state index in [4.69, 9.17) is 5.73 Å². The smallest absolute Gasteiger partial charge is 0.311 e. The molecule has 1 fully saturated rings. The highest BCUT2D eigenvalue weighted by Crippen LogP contribution is 2.08. The van der Waals surface area contributed by atoms with E-state index < -0.39 is 17.9 Å². The Balaban J connectivity index is 2.39. The molecule has 0 bridgehead atoms. The Morgan fingerprint density at radius 2 is 2.27 bits per heavy atom. The number of nitrogens with two attached hydrogens (primary N) is 1. The molecule has 1 aliphatic rings. The SMILES string of the molecule is NC(=S)CNC(=O)C(=O)N1CCC(O)C1. The summed E-state index contributed by atoms with van der Waals surface area (Å²) in [6, 6.07) is 0. The summed E-state index contributed by atoms with van der Waals surface area (Å²) in [4.78, 5) is 24.1. The minimum Gasteiger partial charge on any atom is -0.392 e. The van der Waals surface area contributed by atoms with Gasteiger partial charge in [-0.25, -0.2) is 0 Å². The van der Waals surface area contributed by atoms with E-state index in [9.17, 15) is 14.7 Å². The molecule has 15 heavy (non-hydrogen) atoms. The van der Waals surface area contributed by atoms with Gasteiger partial charge in [0.15, 0.2) is 0 Å². The van der Waals surface area contributed by atoms with Crippen molar-refractivity contribution in [1.29, 1.82) is 0 Å². The second kappa shape index (κ2) is 5.04. The van der Waals surface area contributed by atoms with Crippen LogP contribution in [0.3, 0.4) is 0 Å². The topological polar surface area (TPSA) is 95.7 Å². The summed E-state index contributed by atoms with van der Waals surface area (Å²) in [5, 5.41) is 11.5. The molecule has 1 aliphatic heterocycles. The van der Waals surface area contributed by atoms with Gasteiger partial charge in [0.1, 0.15) is 0 Å². The van der Waals surface area contributed by atoms with Gasteiger partial charge in [0, 0.05) is 13.1 Å². The Morgan fingerprint density at radius 3 is 2.73 bits per heavy atom. The van der Waals surface area contributed by atoms with E-state index >= 15 is 0 Å². The van der Waals surface area contributed by atoms with Crippen LogP contribution in [-0.2, 0) is 9.59 Å². The molecule has 7 heteroatoms. The quantitative estimate of drug-likeness (QED) is 0.377. The molecule has 0 aromatic heterocycles. The molecule has 2 amide bonds. The predicted octanol–water partition coefficient (Wildman–Crippen LogP) is -2.02. The molecular weight excluding hydrogens is 218 g/mol. The van der Waals surface area contributed by atoms with Crippen molar-refractivity contribution < 1.29 is 14.7 Å². The van der Waals surface area contributed by atoms with Gasteiger partial charge < -0.3 is 21.1 Å². The molecule has 0 aromatic rings. The van der Waals surface area contributed by atoms with Gasteiger partial charge in [-0.05, 0) is 6.42 Å². The zero-order chi connectivity index (χ0) is 11.4. The van der Waals surface area contributed by atoms with Crippen LogP contribution in [0.25, 0.3) is 0 Å². The number of likely N-dealkylation sites (tertiary alicyclic amines) is 1. The number of nitrogens with zero attached hydrogens (tertiary/aromatic N) is 1. The summed E-state index contributed by atoms with van der Waals surface area (Å²) in [5.41, 5.74) is 5.17. The first-order valence-electron chi connectivity index (χ1n) is 4.54. The lowest BCUT2D eigenvalue weighted by atomic mass is 10.3. The van der Waals surface area contributed by atoms with Crippen LogP contribution in [0.5, 0.6) is 0 Å². The first-order chi connectivity index (χ1) is 7.00. The van der Waals surface area contributed by atoms with E-state index in [0.717, 1.165) is 0 Å². The predicted molar refractivity (Wildman–Crippen MR) is 57.0 cm³/mol. The first kappa shape index (κ1) is 11.9. The Morgan fingerprint density at radius 1 is 1.60 bits per heavy atom. The highest BCUT2D eigenvalue weighted by Gasteiger charge is 2.28. The second-order valence-electron chi connectivity index (χ2n) is 3.34. The molecule has 0 aromatic carbocycles. The van der Waals surface area contributed by atoms with Gasteiger partial charge in [0.25, 0.3) is 0 Å². The van der Waals surface area contributed by atoms with Crippen molar-refractivity contribution in [2.45, 2.75) is 12.5 Å². The van der Waals surface area contributed by atoms with E-state index in [1.807, 2.05) is 0 Å². The maximum absolute atomic E-state index is 11.4. The van der Waals surface area contributed by atoms with E-state index in [1.165, 1.54) is 4.90 Å². The molecule has 1 saturated heterocycles. The number of β-amino-alcohol motifs (C(OH)–C–C–N with tert-alkyl or cyclic N) is 1. The Labute approximate surface area is 92.4 Å². The number of carbonyl (C=O) groups is 2. The lowest BCUT2D eigenvalue weighted by Crippen LogP contribution is -2.44. The number of hydrogen-bond acceptors (Lipinski definition) is 4. The largest absolute Gasteiger partial charge is 0.392 e. The maximum Gasteiger partial charge on any atom is 0.311 e. The molecule has 1 atom stereocenters. The molecule has 0 spiro atoms. The van der Waals surface area contributed by atoms with Crippen molar-refractivity contribution in [2.75, 3.05) is 19.6 Å². The number of carbonyl (C=O) groups excluding carboxylic acids is 2. The van der Waals surface area contributed by atoms with Crippen LogP contribution in [0, 0.1) is 0 Å². The number of aliphatic hydroxyl groups excluding tert-OH is 1. The van der Waals surface area contributed by atoms with Gasteiger partial charge in [-0.15, -0.1) is 0 Å². The Hall–Kier alpha value is -1.21. The Kier molecular flexibility index (Phi) is 3.98. The minimum absolute atomic E-state index is 0.0102. The molecule has 1 unspecified atom stereocenters. The van der Waals surface area contributed by atoms with Gasteiger partial charge in [-0.2, -0.15) is 0 Å². The number of amides is 2. The monoisotopic (exact) mass is 231 g/mol. The number of rotatable bonds is 2. The lowest BCUT2D eigenvalue weighted by molar-refractivity contribution is -0.145. The summed E-state index contributed by atoms with van der Waals surface area (Å²) >= 11 is 4.55. The number of nitrogens with one attached hydrogen (secondary N) is 1. The van der Waals surface area contributed by atoms with Gasteiger partial charge in [0.05, 0.1) is 17.6 Å². The number of thiocarbonyl (C=S) groups is 1. The van der Waals surface area contributed by atoms with Crippen LogP contribution in [-0.4, -0.2) is 52.5 Å². The summed E-state index contributed by atoms with van der Waals surface area (Å²) in [6.45, 7) is 0.621. The van der Waals surface area contributed by atoms with Gasteiger partial charge in [0.2, 0.25) is 0 Å². The molecule has 84 valence electrons. The van der Waals surface area contributed by atoms with E-state index in [2.05, 4.69) is 17.5 Å².